The maximum Gasteiger partial charge on any atom is 0.328 e. The van der Waals surface area contributed by atoms with Crippen LogP contribution in [0.4, 0.5) is 0 Å². The van der Waals surface area contributed by atoms with Gasteiger partial charge in [0.1, 0.15) is 11.8 Å². The fourth-order valence-electron chi connectivity index (χ4n) is 1.70. The lowest BCUT2D eigenvalue weighted by molar-refractivity contribution is -0.142. The molecule has 0 aliphatic heterocycles. The highest BCUT2D eigenvalue weighted by Gasteiger charge is 2.22. The standard InChI is InChI=1S/C14H19NO4S/c1-18-12-7-5-4-6-10(12)13(16)15-11(8-9-20-3)14(17)19-2/h4-7,11H,8-9H2,1-3H3,(H,15,16)/t11-/m0/s1. The van der Waals surface area contributed by atoms with Crippen LogP contribution in [0, 0.1) is 0 Å². The molecular formula is C14H19NO4S. The third-order valence-corrected chi connectivity index (χ3v) is 3.40. The third kappa shape index (κ3) is 4.45. The maximum absolute atomic E-state index is 12.2. The van der Waals surface area contributed by atoms with Crippen LogP contribution in [0.5, 0.6) is 5.75 Å². The van der Waals surface area contributed by atoms with Crippen molar-refractivity contribution in [1.29, 1.82) is 0 Å². The van der Waals surface area contributed by atoms with Crippen molar-refractivity contribution in [2.45, 2.75) is 12.5 Å². The Bertz CT molecular complexity index is 464. The number of methoxy groups -OCH3 is 2. The van der Waals surface area contributed by atoms with E-state index in [4.69, 9.17) is 9.47 Å². The molecule has 0 fully saturated rings. The first-order chi connectivity index (χ1) is 9.63. The number of amides is 1. The van der Waals surface area contributed by atoms with Crippen molar-refractivity contribution < 1.29 is 19.1 Å². The van der Waals surface area contributed by atoms with Gasteiger partial charge in [0, 0.05) is 0 Å². The van der Waals surface area contributed by atoms with Crippen LogP contribution in [0.1, 0.15) is 16.8 Å². The van der Waals surface area contributed by atoms with Gasteiger partial charge in [-0.15, -0.1) is 0 Å². The van der Waals surface area contributed by atoms with E-state index in [0.717, 1.165) is 5.75 Å². The summed E-state index contributed by atoms with van der Waals surface area (Å²) in [5.74, 6) is 0.436. The van der Waals surface area contributed by atoms with Gasteiger partial charge in [0.2, 0.25) is 0 Å². The summed E-state index contributed by atoms with van der Waals surface area (Å²) in [6, 6.07) is 6.22. The summed E-state index contributed by atoms with van der Waals surface area (Å²) < 4.78 is 9.84. The van der Waals surface area contributed by atoms with E-state index in [1.165, 1.54) is 14.2 Å². The summed E-state index contributed by atoms with van der Waals surface area (Å²) >= 11 is 1.60. The molecule has 0 saturated carbocycles. The SMILES string of the molecule is COC(=O)[C@H](CCSC)NC(=O)c1ccccc1OC. The van der Waals surface area contributed by atoms with Crippen LogP contribution in [-0.4, -0.2) is 44.1 Å². The van der Waals surface area contributed by atoms with Crippen LogP contribution in [0.15, 0.2) is 24.3 Å². The van der Waals surface area contributed by atoms with Crippen LogP contribution in [0.3, 0.4) is 0 Å². The quantitative estimate of drug-likeness (QED) is 0.776. The number of esters is 1. The Morgan fingerprint density at radius 1 is 1.30 bits per heavy atom. The molecule has 0 radical (unpaired) electrons. The van der Waals surface area contributed by atoms with Crippen LogP contribution in [0.25, 0.3) is 0 Å². The molecule has 0 unspecified atom stereocenters. The number of nitrogens with one attached hydrogen (secondary N) is 1. The van der Waals surface area contributed by atoms with Crippen LogP contribution in [-0.2, 0) is 9.53 Å². The first-order valence-corrected chi connectivity index (χ1v) is 7.54. The zero-order valence-electron chi connectivity index (χ0n) is 11.8. The van der Waals surface area contributed by atoms with E-state index in [1.807, 2.05) is 6.26 Å². The van der Waals surface area contributed by atoms with Crippen molar-refractivity contribution in [1.82, 2.24) is 5.32 Å². The number of hydrogen-bond acceptors (Lipinski definition) is 5. The summed E-state index contributed by atoms with van der Waals surface area (Å²) in [6.45, 7) is 0. The van der Waals surface area contributed by atoms with Gasteiger partial charge >= 0.3 is 5.97 Å². The Labute approximate surface area is 123 Å². The monoisotopic (exact) mass is 297 g/mol. The van der Waals surface area contributed by atoms with E-state index >= 15 is 0 Å². The van der Waals surface area contributed by atoms with Gasteiger partial charge in [-0.25, -0.2) is 4.79 Å². The molecule has 0 aromatic heterocycles. The maximum atomic E-state index is 12.2. The first kappa shape index (κ1) is 16.4. The van der Waals surface area contributed by atoms with Crippen LogP contribution in [0.2, 0.25) is 0 Å². The predicted octanol–water partition coefficient (Wildman–Crippen LogP) is 1.72. The Kier molecular flexibility index (Phi) is 6.93. The average Bonchev–Trinajstić information content (AvgIpc) is 2.50. The number of para-hydroxylation sites is 1. The summed E-state index contributed by atoms with van der Waals surface area (Å²) in [5.41, 5.74) is 0.396. The molecule has 0 saturated heterocycles. The van der Waals surface area contributed by atoms with E-state index in [-0.39, 0.29) is 5.91 Å². The minimum atomic E-state index is -0.648. The van der Waals surface area contributed by atoms with Gasteiger partial charge in [-0.3, -0.25) is 4.79 Å². The van der Waals surface area contributed by atoms with Gasteiger partial charge in [0.05, 0.1) is 19.8 Å². The summed E-state index contributed by atoms with van der Waals surface area (Å²) in [6.07, 6.45) is 2.46. The Balaban J connectivity index is 2.81. The molecule has 0 aliphatic rings. The van der Waals surface area contributed by atoms with Gasteiger partial charge in [0.25, 0.3) is 5.91 Å². The summed E-state index contributed by atoms with van der Waals surface area (Å²) in [4.78, 5) is 23.9. The number of benzene rings is 1. The fourth-order valence-corrected chi connectivity index (χ4v) is 2.17. The highest BCUT2D eigenvalue weighted by molar-refractivity contribution is 7.98. The minimum absolute atomic E-state index is 0.348. The predicted molar refractivity (Wildman–Crippen MR) is 79.3 cm³/mol. The van der Waals surface area contributed by atoms with Crippen molar-refractivity contribution in [3.63, 3.8) is 0 Å². The second-order valence-corrected chi connectivity index (χ2v) is 5.02. The minimum Gasteiger partial charge on any atom is -0.496 e. The number of hydrogen-bond donors (Lipinski definition) is 1. The third-order valence-electron chi connectivity index (χ3n) is 2.75. The Morgan fingerprint density at radius 3 is 2.60 bits per heavy atom. The summed E-state index contributed by atoms with van der Waals surface area (Å²) in [7, 11) is 2.81. The van der Waals surface area contributed by atoms with E-state index < -0.39 is 12.0 Å². The number of carbonyl (C=O) groups is 2. The molecule has 0 aliphatic carbocycles. The van der Waals surface area contributed by atoms with E-state index in [1.54, 1.807) is 36.0 Å². The summed E-state index contributed by atoms with van der Waals surface area (Å²) in [5, 5.41) is 2.69. The molecule has 1 N–H and O–H groups in total. The van der Waals surface area contributed by atoms with Crippen LogP contribution < -0.4 is 10.1 Å². The van der Waals surface area contributed by atoms with Gasteiger partial charge in [-0.1, -0.05) is 12.1 Å². The second kappa shape index (κ2) is 8.47. The highest BCUT2D eigenvalue weighted by atomic mass is 32.2. The fraction of sp³-hybridized carbons (Fsp3) is 0.429. The van der Waals surface area contributed by atoms with Crippen molar-refractivity contribution in [2.24, 2.45) is 0 Å². The molecule has 110 valence electrons. The highest BCUT2D eigenvalue weighted by Crippen LogP contribution is 2.17. The van der Waals surface area contributed by atoms with Gasteiger partial charge in [-0.05, 0) is 30.6 Å². The molecule has 20 heavy (non-hydrogen) atoms. The van der Waals surface area contributed by atoms with Crippen molar-refractivity contribution in [3.05, 3.63) is 29.8 Å². The lowest BCUT2D eigenvalue weighted by atomic mass is 10.1. The molecule has 1 atom stereocenters. The van der Waals surface area contributed by atoms with E-state index in [2.05, 4.69) is 5.32 Å². The number of thioether (sulfide) groups is 1. The Morgan fingerprint density at radius 2 is 2.00 bits per heavy atom. The largest absolute Gasteiger partial charge is 0.496 e. The number of ether oxygens (including phenoxy) is 2. The van der Waals surface area contributed by atoms with Crippen LogP contribution >= 0.6 is 11.8 Å². The molecule has 1 rings (SSSR count). The zero-order chi connectivity index (χ0) is 15.0. The number of carbonyl (C=O) groups excluding carboxylic acids is 2. The molecule has 1 aromatic carbocycles. The molecule has 1 aromatic rings. The van der Waals surface area contributed by atoms with Gasteiger partial charge < -0.3 is 14.8 Å². The smallest absolute Gasteiger partial charge is 0.328 e. The lowest BCUT2D eigenvalue weighted by Gasteiger charge is -2.17. The lowest BCUT2D eigenvalue weighted by Crippen LogP contribution is -2.42. The van der Waals surface area contributed by atoms with Crippen molar-refractivity contribution >= 4 is 23.6 Å². The second-order valence-electron chi connectivity index (χ2n) is 4.03. The van der Waals surface area contributed by atoms with E-state index in [0.29, 0.717) is 17.7 Å². The molecule has 6 heteroatoms. The average molecular weight is 297 g/mol. The molecular weight excluding hydrogens is 278 g/mol. The molecule has 0 heterocycles. The molecule has 0 bridgehead atoms. The topological polar surface area (TPSA) is 64.6 Å². The van der Waals surface area contributed by atoms with Crippen molar-refractivity contribution in [2.75, 3.05) is 26.2 Å². The number of rotatable bonds is 7. The zero-order valence-corrected chi connectivity index (χ0v) is 12.7. The normalized spacial score (nSPS) is 11.6. The Hall–Kier alpha value is -1.69. The van der Waals surface area contributed by atoms with E-state index in [9.17, 15) is 9.59 Å². The van der Waals surface area contributed by atoms with Crippen molar-refractivity contribution in [3.8, 4) is 5.75 Å². The molecule has 1 amide bonds. The first-order valence-electron chi connectivity index (χ1n) is 6.14. The van der Waals surface area contributed by atoms with Gasteiger partial charge in [0.15, 0.2) is 0 Å². The van der Waals surface area contributed by atoms with Gasteiger partial charge in [-0.2, -0.15) is 11.8 Å². The molecule has 0 spiro atoms. The molecule has 5 nitrogen and oxygen atoms in total.